The number of allylic oxidation sites excluding steroid dienone is 1. The van der Waals surface area contributed by atoms with E-state index in [9.17, 15) is 0 Å². The summed E-state index contributed by atoms with van der Waals surface area (Å²) in [5.74, 6) is 0.911. The lowest BCUT2D eigenvalue weighted by atomic mass is 10.0. The molecule has 1 rings (SSSR count). The van der Waals surface area contributed by atoms with E-state index >= 15 is 0 Å². The quantitative estimate of drug-likeness (QED) is 0.750. The van der Waals surface area contributed by atoms with Gasteiger partial charge in [0.05, 0.1) is 5.69 Å². The first kappa shape index (κ1) is 13.0. The molecule has 1 N–H and O–H groups in total. The average molecular weight is 222 g/mol. The van der Waals surface area contributed by atoms with Crippen molar-refractivity contribution < 1.29 is 4.52 Å². The van der Waals surface area contributed by atoms with Crippen LogP contribution in [-0.2, 0) is 0 Å². The lowest BCUT2D eigenvalue weighted by molar-refractivity contribution is 0.388. The van der Waals surface area contributed by atoms with E-state index < -0.39 is 0 Å². The van der Waals surface area contributed by atoms with Crippen molar-refractivity contribution >= 4 is 0 Å². The second kappa shape index (κ2) is 5.85. The molecule has 0 aliphatic carbocycles. The summed E-state index contributed by atoms with van der Waals surface area (Å²) in [7, 11) is 0. The topological polar surface area (TPSA) is 38.1 Å². The lowest BCUT2D eigenvalue weighted by Crippen LogP contribution is -2.29. The number of hydrogen-bond acceptors (Lipinski definition) is 3. The summed E-state index contributed by atoms with van der Waals surface area (Å²) >= 11 is 0. The summed E-state index contributed by atoms with van der Waals surface area (Å²) in [6, 6.07) is 0.757. The number of aromatic nitrogens is 1. The SMILES string of the molecule is C=CCCC(C)NC(C)c1c(C)noc1C. The van der Waals surface area contributed by atoms with Crippen molar-refractivity contribution in [3.63, 3.8) is 0 Å². The predicted octanol–water partition coefficient (Wildman–Crippen LogP) is 3.30. The third-order valence-corrected chi connectivity index (χ3v) is 2.86. The molecular weight excluding hydrogens is 200 g/mol. The maximum Gasteiger partial charge on any atom is 0.138 e. The number of aryl methyl sites for hydroxylation is 2. The Balaban J connectivity index is 2.58. The summed E-state index contributed by atoms with van der Waals surface area (Å²) in [6.45, 7) is 12.0. The minimum absolute atomic E-state index is 0.283. The van der Waals surface area contributed by atoms with E-state index in [-0.39, 0.29) is 6.04 Å². The van der Waals surface area contributed by atoms with Gasteiger partial charge in [0.25, 0.3) is 0 Å². The van der Waals surface area contributed by atoms with Crippen LogP contribution in [0.1, 0.15) is 49.7 Å². The van der Waals surface area contributed by atoms with Crippen LogP contribution in [0.4, 0.5) is 0 Å². The Hall–Kier alpha value is -1.09. The summed E-state index contributed by atoms with van der Waals surface area (Å²) in [5.41, 5.74) is 2.17. The van der Waals surface area contributed by atoms with E-state index in [1.165, 1.54) is 5.56 Å². The molecule has 3 heteroatoms. The molecule has 0 spiro atoms. The molecule has 1 aromatic heterocycles. The van der Waals surface area contributed by atoms with Crippen molar-refractivity contribution in [1.82, 2.24) is 10.5 Å². The van der Waals surface area contributed by atoms with Gasteiger partial charge in [-0.2, -0.15) is 0 Å². The molecule has 90 valence electrons. The van der Waals surface area contributed by atoms with Crippen LogP contribution < -0.4 is 5.32 Å². The van der Waals surface area contributed by atoms with Gasteiger partial charge in [-0.05, 0) is 40.5 Å². The van der Waals surface area contributed by atoms with Crippen molar-refractivity contribution in [2.24, 2.45) is 0 Å². The van der Waals surface area contributed by atoms with Crippen LogP contribution in [0.3, 0.4) is 0 Å². The fraction of sp³-hybridized carbons (Fsp3) is 0.615. The molecule has 0 aliphatic heterocycles. The van der Waals surface area contributed by atoms with Crippen molar-refractivity contribution in [2.75, 3.05) is 0 Å². The van der Waals surface area contributed by atoms with E-state index in [1.54, 1.807) is 0 Å². The third-order valence-electron chi connectivity index (χ3n) is 2.86. The average Bonchev–Trinajstić information content (AvgIpc) is 2.55. The van der Waals surface area contributed by atoms with E-state index in [2.05, 4.69) is 30.9 Å². The summed E-state index contributed by atoms with van der Waals surface area (Å²) in [6.07, 6.45) is 4.11. The zero-order valence-corrected chi connectivity index (χ0v) is 10.7. The Bertz CT molecular complexity index is 324. The molecule has 0 bridgehead atoms. The van der Waals surface area contributed by atoms with Crippen LogP contribution in [0.2, 0.25) is 0 Å². The largest absolute Gasteiger partial charge is 0.361 e. The highest BCUT2D eigenvalue weighted by molar-refractivity contribution is 5.24. The molecule has 2 atom stereocenters. The molecule has 0 amide bonds. The maximum absolute atomic E-state index is 5.17. The summed E-state index contributed by atoms with van der Waals surface area (Å²) in [5, 5.41) is 7.53. The van der Waals surface area contributed by atoms with Gasteiger partial charge >= 0.3 is 0 Å². The predicted molar refractivity (Wildman–Crippen MR) is 66.4 cm³/mol. The van der Waals surface area contributed by atoms with E-state index in [1.807, 2.05) is 19.9 Å². The van der Waals surface area contributed by atoms with Gasteiger partial charge in [0.2, 0.25) is 0 Å². The maximum atomic E-state index is 5.17. The van der Waals surface area contributed by atoms with Crippen molar-refractivity contribution in [3.8, 4) is 0 Å². The lowest BCUT2D eigenvalue weighted by Gasteiger charge is -2.19. The second-order valence-electron chi connectivity index (χ2n) is 4.39. The van der Waals surface area contributed by atoms with Gasteiger partial charge in [-0.25, -0.2) is 0 Å². The highest BCUT2D eigenvalue weighted by Gasteiger charge is 2.17. The molecule has 0 saturated carbocycles. The van der Waals surface area contributed by atoms with Gasteiger partial charge in [0, 0.05) is 17.6 Å². The number of nitrogens with one attached hydrogen (secondary N) is 1. The van der Waals surface area contributed by atoms with Crippen molar-refractivity contribution in [2.45, 2.75) is 52.6 Å². The second-order valence-corrected chi connectivity index (χ2v) is 4.39. The molecule has 0 saturated heterocycles. The van der Waals surface area contributed by atoms with Gasteiger partial charge in [-0.15, -0.1) is 6.58 Å². The monoisotopic (exact) mass is 222 g/mol. The molecule has 0 fully saturated rings. The van der Waals surface area contributed by atoms with Crippen LogP contribution in [0.5, 0.6) is 0 Å². The molecule has 2 unspecified atom stereocenters. The Morgan fingerprint density at radius 2 is 2.12 bits per heavy atom. The Labute approximate surface area is 97.9 Å². The number of rotatable bonds is 6. The molecule has 1 heterocycles. The van der Waals surface area contributed by atoms with Gasteiger partial charge in [-0.3, -0.25) is 0 Å². The normalized spacial score (nSPS) is 14.8. The van der Waals surface area contributed by atoms with Gasteiger partial charge in [-0.1, -0.05) is 11.2 Å². The van der Waals surface area contributed by atoms with E-state index in [4.69, 9.17) is 4.52 Å². The van der Waals surface area contributed by atoms with Crippen molar-refractivity contribution in [3.05, 3.63) is 29.7 Å². The highest BCUT2D eigenvalue weighted by Crippen LogP contribution is 2.21. The minimum Gasteiger partial charge on any atom is -0.361 e. The highest BCUT2D eigenvalue weighted by atomic mass is 16.5. The fourth-order valence-corrected chi connectivity index (χ4v) is 2.07. The number of nitrogens with zero attached hydrogens (tertiary/aromatic N) is 1. The van der Waals surface area contributed by atoms with E-state index in [0.717, 1.165) is 24.3 Å². The molecule has 16 heavy (non-hydrogen) atoms. The smallest absolute Gasteiger partial charge is 0.138 e. The standard InChI is InChI=1S/C13H22N2O/c1-6-7-8-9(2)14-10(3)13-11(4)15-16-12(13)5/h6,9-10,14H,1,7-8H2,2-5H3. The molecule has 1 aromatic rings. The zero-order chi connectivity index (χ0) is 12.1. The molecule has 0 aromatic carbocycles. The number of hydrogen-bond donors (Lipinski definition) is 1. The first-order valence-corrected chi connectivity index (χ1v) is 5.86. The van der Waals surface area contributed by atoms with Crippen LogP contribution >= 0.6 is 0 Å². The van der Waals surface area contributed by atoms with Gasteiger partial charge in [0.1, 0.15) is 5.76 Å². The van der Waals surface area contributed by atoms with Crippen molar-refractivity contribution in [1.29, 1.82) is 0 Å². The summed E-state index contributed by atoms with van der Waals surface area (Å²) < 4.78 is 5.17. The summed E-state index contributed by atoms with van der Waals surface area (Å²) in [4.78, 5) is 0. The van der Waals surface area contributed by atoms with Crippen LogP contribution in [0, 0.1) is 13.8 Å². The molecule has 0 radical (unpaired) electrons. The molecular formula is C13H22N2O. The van der Waals surface area contributed by atoms with Crippen LogP contribution in [-0.4, -0.2) is 11.2 Å². The van der Waals surface area contributed by atoms with Gasteiger partial charge in [0.15, 0.2) is 0 Å². The Kier molecular flexibility index (Phi) is 4.74. The third kappa shape index (κ3) is 3.20. The molecule has 0 aliphatic rings. The zero-order valence-electron chi connectivity index (χ0n) is 10.7. The molecule has 3 nitrogen and oxygen atoms in total. The van der Waals surface area contributed by atoms with Crippen LogP contribution in [0.25, 0.3) is 0 Å². The first-order valence-electron chi connectivity index (χ1n) is 5.86. The van der Waals surface area contributed by atoms with E-state index in [0.29, 0.717) is 6.04 Å². The first-order chi connectivity index (χ1) is 7.56. The van der Waals surface area contributed by atoms with Crippen LogP contribution in [0.15, 0.2) is 17.2 Å². The van der Waals surface area contributed by atoms with Gasteiger partial charge < -0.3 is 9.84 Å². The Morgan fingerprint density at radius 1 is 1.44 bits per heavy atom. The fourth-order valence-electron chi connectivity index (χ4n) is 2.07. The Morgan fingerprint density at radius 3 is 2.62 bits per heavy atom. The minimum atomic E-state index is 0.283.